The molecule has 0 bridgehead atoms. The Balaban J connectivity index is 1.75. The minimum Gasteiger partial charge on any atom is -0.378 e. The van der Waals surface area contributed by atoms with Crippen LogP contribution in [0.5, 0.6) is 0 Å². The van der Waals surface area contributed by atoms with Crippen molar-refractivity contribution in [2.24, 2.45) is 0 Å². The Labute approximate surface area is 107 Å². The Bertz CT molecular complexity index is 356. The normalized spacial score (nSPS) is 21.1. The van der Waals surface area contributed by atoms with Gasteiger partial charge in [-0.05, 0) is 0 Å². The van der Waals surface area contributed by atoms with Crippen LogP contribution in [-0.4, -0.2) is 62.6 Å². The van der Waals surface area contributed by atoms with Gasteiger partial charge in [-0.1, -0.05) is 0 Å². The highest BCUT2D eigenvalue weighted by molar-refractivity contribution is 5.50. The van der Waals surface area contributed by atoms with Crippen LogP contribution in [0.25, 0.3) is 0 Å². The minimum absolute atomic E-state index is 0.775. The SMILES string of the molecule is c1nc(N2CCOCC2)cc(N2CCOCC2)n1. The van der Waals surface area contributed by atoms with Crippen LogP contribution in [0.3, 0.4) is 0 Å². The van der Waals surface area contributed by atoms with Crippen molar-refractivity contribution in [1.29, 1.82) is 0 Å². The Morgan fingerprint density at radius 3 is 1.67 bits per heavy atom. The van der Waals surface area contributed by atoms with E-state index < -0.39 is 0 Å². The third kappa shape index (κ3) is 2.54. The number of hydrogen-bond acceptors (Lipinski definition) is 6. The molecule has 2 fully saturated rings. The highest BCUT2D eigenvalue weighted by Gasteiger charge is 2.16. The molecule has 3 rings (SSSR count). The molecule has 6 nitrogen and oxygen atoms in total. The fourth-order valence-corrected chi connectivity index (χ4v) is 2.27. The third-order valence-electron chi connectivity index (χ3n) is 3.31. The number of nitrogens with zero attached hydrogens (tertiary/aromatic N) is 4. The molecular weight excluding hydrogens is 232 g/mol. The first-order valence-corrected chi connectivity index (χ1v) is 6.41. The number of rotatable bonds is 2. The van der Waals surface area contributed by atoms with Gasteiger partial charge in [0.2, 0.25) is 0 Å². The molecule has 0 amide bonds. The fourth-order valence-electron chi connectivity index (χ4n) is 2.27. The van der Waals surface area contributed by atoms with Gasteiger partial charge < -0.3 is 19.3 Å². The molecule has 2 aliphatic heterocycles. The van der Waals surface area contributed by atoms with E-state index in [1.54, 1.807) is 6.33 Å². The molecule has 1 aromatic heterocycles. The van der Waals surface area contributed by atoms with E-state index in [1.807, 2.05) is 0 Å². The molecule has 0 radical (unpaired) electrons. The largest absolute Gasteiger partial charge is 0.378 e. The first kappa shape index (κ1) is 11.7. The van der Waals surface area contributed by atoms with E-state index in [0.717, 1.165) is 64.2 Å². The maximum Gasteiger partial charge on any atom is 0.134 e. The van der Waals surface area contributed by atoms with E-state index in [4.69, 9.17) is 9.47 Å². The van der Waals surface area contributed by atoms with Gasteiger partial charge in [-0.3, -0.25) is 0 Å². The lowest BCUT2D eigenvalue weighted by atomic mass is 10.3. The summed E-state index contributed by atoms with van der Waals surface area (Å²) in [5.74, 6) is 1.99. The molecule has 6 heteroatoms. The number of morpholine rings is 2. The van der Waals surface area contributed by atoms with E-state index >= 15 is 0 Å². The molecule has 0 saturated carbocycles. The molecule has 18 heavy (non-hydrogen) atoms. The van der Waals surface area contributed by atoms with Crippen molar-refractivity contribution >= 4 is 11.6 Å². The molecule has 0 atom stereocenters. The Morgan fingerprint density at radius 2 is 1.22 bits per heavy atom. The fraction of sp³-hybridized carbons (Fsp3) is 0.667. The van der Waals surface area contributed by atoms with Gasteiger partial charge in [-0.25, -0.2) is 9.97 Å². The topological polar surface area (TPSA) is 50.7 Å². The first-order valence-electron chi connectivity index (χ1n) is 6.41. The summed E-state index contributed by atoms with van der Waals surface area (Å²) < 4.78 is 10.7. The van der Waals surface area contributed by atoms with Crippen molar-refractivity contribution in [3.05, 3.63) is 12.4 Å². The highest BCUT2D eigenvalue weighted by Crippen LogP contribution is 2.19. The van der Waals surface area contributed by atoms with Crippen molar-refractivity contribution in [2.75, 3.05) is 62.4 Å². The van der Waals surface area contributed by atoms with Crippen molar-refractivity contribution < 1.29 is 9.47 Å². The molecule has 0 unspecified atom stereocenters. The van der Waals surface area contributed by atoms with Gasteiger partial charge >= 0.3 is 0 Å². The summed E-state index contributed by atoms with van der Waals surface area (Å²) in [7, 11) is 0. The maximum absolute atomic E-state index is 5.36. The van der Waals surface area contributed by atoms with Gasteiger partial charge in [-0.15, -0.1) is 0 Å². The average Bonchev–Trinajstić information content (AvgIpc) is 2.49. The minimum atomic E-state index is 0.775. The van der Waals surface area contributed by atoms with Crippen molar-refractivity contribution in [1.82, 2.24) is 9.97 Å². The average molecular weight is 250 g/mol. The van der Waals surface area contributed by atoms with Crippen LogP contribution in [0.15, 0.2) is 12.4 Å². The number of aromatic nitrogens is 2. The van der Waals surface area contributed by atoms with Gasteiger partial charge in [-0.2, -0.15) is 0 Å². The lowest BCUT2D eigenvalue weighted by Crippen LogP contribution is -2.38. The lowest BCUT2D eigenvalue weighted by Gasteiger charge is -2.30. The Morgan fingerprint density at radius 1 is 0.778 bits per heavy atom. The molecule has 0 aliphatic carbocycles. The third-order valence-corrected chi connectivity index (χ3v) is 3.31. The molecule has 0 spiro atoms. The second-order valence-electron chi connectivity index (χ2n) is 4.43. The van der Waals surface area contributed by atoms with Crippen LogP contribution >= 0.6 is 0 Å². The van der Waals surface area contributed by atoms with E-state index in [-0.39, 0.29) is 0 Å². The van der Waals surface area contributed by atoms with Crippen LogP contribution in [0, 0.1) is 0 Å². The number of ether oxygens (including phenoxy) is 2. The molecule has 1 aromatic rings. The zero-order valence-electron chi connectivity index (χ0n) is 10.4. The second kappa shape index (κ2) is 5.49. The molecule has 0 aromatic carbocycles. The summed E-state index contributed by atoms with van der Waals surface area (Å²) in [4.78, 5) is 13.2. The molecule has 98 valence electrons. The summed E-state index contributed by atoms with van der Waals surface area (Å²) in [6, 6.07) is 2.07. The quantitative estimate of drug-likeness (QED) is 0.744. The Hall–Kier alpha value is -1.40. The lowest BCUT2D eigenvalue weighted by molar-refractivity contribution is 0.122. The summed E-state index contributed by atoms with van der Waals surface area (Å²) in [5.41, 5.74) is 0. The van der Waals surface area contributed by atoms with Crippen molar-refractivity contribution in [2.45, 2.75) is 0 Å². The first-order chi connectivity index (χ1) is 8.93. The zero-order valence-corrected chi connectivity index (χ0v) is 10.4. The van der Waals surface area contributed by atoms with Gasteiger partial charge in [0.15, 0.2) is 0 Å². The molecule has 3 heterocycles. The van der Waals surface area contributed by atoms with E-state index in [0.29, 0.717) is 0 Å². The maximum atomic E-state index is 5.36. The molecule has 2 aliphatic rings. The van der Waals surface area contributed by atoms with Crippen LogP contribution in [0.2, 0.25) is 0 Å². The number of anilines is 2. The monoisotopic (exact) mass is 250 g/mol. The van der Waals surface area contributed by atoms with E-state index in [9.17, 15) is 0 Å². The standard InChI is InChI=1S/C12H18N4O2/c1-5-17-6-2-15(1)11-9-12(14-10-13-11)16-3-7-18-8-4-16/h9-10H,1-8H2. The highest BCUT2D eigenvalue weighted by atomic mass is 16.5. The van der Waals surface area contributed by atoms with Crippen molar-refractivity contribution in [3.63, 3.8) is 0 Å². The van der Waals surface area contributed by atoms with E-state index in [2.05, 4.69) is 25.8 Å². The van der Waals surface area contributed by atoms with Gasteiger partial charge in [0, 0.05) is 32.2 Å². The van der Waals surface area contributed by atoms with Gasteiger partial charge in [0.1, 0.15) is 18.0 Å². The smallest absolute Gasteiger partial charge is 0.134 e. The molecule has 2 saturated heterocycles. The zero-order chi connectivity index (χ0) is 12.2. The van der Waals surface area contributed by atoms with Crippen molar-refractivity contribution in [3.8, 4) is 0 Å². The summed E-state index contributed by atoms with van der Waals surface area (Å²) >= 11 is 0. The van der Waals surface area contributed by atoms with Gasteiger partial charge in [0.05, 0.1) is 26.4 Å². The number of hydrogen-bond donors (Lipinski definition) is 0. The van der Waals surface area contributed by atoms with Gasteiger partial charge in [0.25, 0.3) is 0 Å². The molecular formula is C12H18N4O2. The van der Waals surface area contributed by atoms with Crippen LogP contribution < -0.4 is 9.80 Å². The van der Waals surface area contributed by atoms with Crippen LogP contribution in [0.4, 0.5) is 11.6 Å². The van der Waals surface area contributed by atoms with E-state index in [1.165, 1.54) is 0 Å². The van der Waals surface area contributed by atoms with Crippen LogP contribution in [0.1, 0.15) is 0 Å². The summed E-state index contributed by atoms with van der Waals surface area (Å²) in [6.07, 6.45) is 1.65. The van der Waals surface area contributed by atoms with Crippen LogP contribution in [-0.2, 0) is 9.47 Å². The molecule has 0 N–H and O–H groups in total. The summed E-state index contributed by atoms with van der Waals surface area (Å²) in [5, 5.41) is 0. The Kier molecular flexibility index (Phi) is 3.56. The summed E-state index contributed by atoms with van der Waals surface area (Å²) in [6.45, 7) is 6.71. The second-order valence-corrected chi connectivity index (χ2v) is 4.43. The predicted octanol–water partition coefficient (Wildman–Crippen LogP) is 0.150. The predicted molar refractivity (Wildman–Crippen MR) is 68.1 cm³/mol.